The molecule has 0 aliphatic rings. The van der Waals surface area contributed by atoms with Crippen molar-refractivity contribution in [2.75, 3.05) is 20.4 Å². The second-order valence-electron chi connectivity index (χ2n) is 5.40. The Labute approximate surface area is 139 Å². The van der Waals surface area contributed by atoms with Crippen LogP contribution in [0.3, 0.4) is 0 Å². The number of carbonyl (C=O) groups is 1. The molecule has 7 heteroatoms. The maximum Gasteiger partial charge on any atom is 0.242 e. The molecule has 23 heavy (non-hydrogen) atoms. The minimum absolute atomic E-state index is 0.244. The van der Waals surface area contributed by atoms with Crippen molar-refractivity contribution in [1.29, 1.82) is 0 Å². The minimum atomic E-state index is -0.676. The van der Waals surface area contributed by atoms with Gasteiger partial charge in [0.1, 0.15) is 11.9 Å². The third-order valence-corrected chi connectivity index (χ3v) is 4.38. The maximum absolute atomic E-state index is 14.0. The fourth-order valence-corrected chi connectivity index (χ4v) is 2.95. The van der Waals surface area contributed by atoms with E-state index in [0.29, 0.717) is 12.1 Å². The Kier molecular flexibility index (Phi) is 5.79. The van der Waals surface area contributed by atoms with Crippen molar-refractivity contribution in [2.45, 2.75) is 17.7 Å². The molecule has 0 radical (unpaired) electrons. The number of aromatic nitrogens is 2. The van der Waals surface area contributed by atoms with E-state index < -0.39 is 6.04 Å². The van der Waals surface area contributed by atoms with Crippen molar-refractivity contribution in [3.8, 4) is 0 Å². The molecule has 1 aromatic carbocycles. The van der Waals surface area contributed by atoms with Gasteiger partial charge in [-0.2, -0.15) is 0 Å². The predicted octanol–water partition coefficient (Wildman–Crippen LogP) is 2.20. The van der Waals surface area contributed by atoms with E-state index in [1.165, 1.54) is 6.07 Å². The van der Waals surface area contributed by atoms with Crippen LogP contribution in [0.4, 0.5) is 4.39 Å². The second-order valence-corrected chi connectivity index (χ2v) is 6.17. The topological polar surface area (TPSA) is 50.2 Å². The average Bonchev–Trinajstić information content (AvgIpc) is 2.87. The summed E-state index contributed by atoms with van der Waals surface area (Å²) in [6.45, 7) is 0.349. The number of nitrogens with zero attached hydrogens (tertiary/aromatic N) is 3. The van der Waals surface area contributed by atoms with Gasteiger partial charge in [-0.05, 0) is 26.4 Å². The first-order valence-corrected chi connectivity index (χ1v) is 8.41. The molecule has 5 nitrogen and oxygen atoms in total. The van der Waals surface area contributed by atoms with Gasteiger partial charge in [-0.15, -0.1) is 0 Å². The Bertz CT molecular complexity index is 686. The Morgan fingerprint density at radius 3 is 2.70 bits per heavy atom. The second kappa shape index (κ2) is 7.61. The fourth-order valence-electron chi connectivity index (χ4n) is 2.40. The summed E-state index contributed by atoms with van der Waals surface area (Å²) in [5, 5.41) is 3.75. The van der Waals surface area contributed by atoms with Gasteiger partial charge in [0.25, 0.3) is 0 Å². The summed E-state index contributed by atoms with van der Waals surface area (Å²) in [5.74, 6) is -0.626. The third kappa shape index (κ3) is 3.92. The van der Waals surface area contributed by atoms with Gasteiger partial charge in [-0.25, -0.2) is 9.37 Å². The lowest BCUT2D eigenvalue weighted by molar-refractivity contribution is -0.126. The van der Waals surface area contributed by atoms with Gasteiger partial charge in [0.15, 0.2) is 5.16 Å². The number of imidazole rings is 1. The largest absolute Gasteiger partial charge is 0.349 e. The minimum Gasteiger partial charge on any atom is -0.349 e. The lowest BCUT2D eigenvalue weighted by Gasteiger charge is -2.24. The molecule has 2 rings (SSSR count). The zero-order chi connectivity index (χ0) is 17.0. The lowest BCUT2D eigenvalue weighted by Crippen LogP contribution is -2.37. The van der Waals surface area contributed by atoms with Crippen molar-refractivity contribution < 1.29 is 9.18 Å². The van der Waals surface area contributed by atoms with Crippen LogP contribution in [-0.2, 0) is 18.4 Å². The normalized spacial score (nSPS) is 12.4. The zero-order valence-electron chi connectivity index (χ0n) is 13.7. The van der Waals surface area contributed by atoms with Gasteiger partial charge >= 0.3 is 0 Å². The van der Waals surface area contributed by atoms with Crippen molar-refractivity contribution in [3.63, 3.8) is 0 Å². The monoisotopic (exact) mass is 336 g/mol. The number of benzene rings is 1. The fraction of sp³-hybridized carbons (Fsp3) is 0.375. The molecule has 1 amide bonds. The first-order chi connectivity index (χ1) is 11.0. The molecule has 0 unspecified atom stereocenters. The molecule has 0 saturated heterocycles. The number of hydrogen-bond donors (Lipinski definition) is 1. The standard InChI is InChI=1S/C16H21FN4OS/c1-20(2)14(12-7-5-6-8-13(12)17)15(22)18-9-11-10-19-16(23-4)21(11)3/h5-8,10,14H,9H2,1-4H3,(H,18,22)/t14-/m1/s1. The number of amides is 1. The highest BCUT2D eigenvalue weighted by Gasteiger charge is 2.25. The average molecular weight is 336 g/mol. The van der Waals surface area contributed by atoms with Gasteiger partial charge in [0.05, 0.1) is 18.4 Å². The Morgan fingerprint density at radius 1 is 1.43 bits per heavy atom. The van der Waals surface area contributed by atoms with Crippen LogP contribution in [0.15, 0.2) is 35.6 Å². The molecule has 0 aliphatic heterocycles. The molecular formula is C16H21FN4OS. The van der Waals surface area contributed by atoms with Crippen molar-refractivity contribution in [2.24, 2.45) is 7.05 Å². The summed E-state index contributed by atoms with van der Waals surface area (Å²) >= 11 is 1.54. The molecule has 1 atom stereocenters. The number of carbonyl (C=O) groups excluding carboxylic acids is 1. The Hall–Kier alpha value is -1.86. The van der Waals surface area contributed by atoms with Gasteiger partial charge in [0, 0.05) is 12.6 Å². The van der Waals surface area contributed by atoms with Gasteiger partial charge in [-0.1, -0.05) is 30.0 Å². The molecule has 0 aliphatic carbocycles. The Morgan fingerprint density at radius 2 is 2.13 bits per heavy atom. The van der Waals surface area contributed by atoms with E-state index >= 15 is 0 Å². The molecule has 124 valence electrons. The number of thioether (sulfide) groups is 1. The summed E-state index contributed by atoms with van der Waals surface area (Å²) in [5.41, 5.74) is 1.26. The van der Waals surface area contributed by atoms with Crippen molar-refractivity contribution in [3.05, 3.63) is 47.5 Å². The molecule has 0 saturated carbocycles. The lowest BCUT2D eigenvalue weighted by atomic mass is 10.0. The first-order valence-electron chi connectivity index (χ1n) is 7.18. The number of likely N-dealkylation sites (N-methyl/N-ethyl adjacent to an activating group) is 1. The van der Waals surface area contributed by atoms with E-state index in [4.69, 9.17) is 0 Å². The van der Waals surface area contributed by atoms with Crippen molar-refractivity contribution >= 4 is 17.7 Å². The van der Waals surface area contributed by atoms with Gasteiger partial charge in [0.2, 0.25) is 5.91 Å². The van der Waals surface area contributed by atoms with Crippen LogP contribution in [-0.4, -0.2) is 40.7 Å². The number of hydrogen-bond acceptors (Lipinski definition) is 4. The highest BCUT2D eigenvalue weighted by atomic mass is 32.2. The molecule has 0 bridgehead atoms. The van der Waals surface area contributed by atoms with E-state index in [2.05, 4.69) is 10.3 Å². The van der Waals surface area contributed by atoms with Crippen LogP contribution in [0, 0.1) is 5.82 Å². The van der Waals surface area contributed by atoms with Crippen LogP contribution in [0.2, 0.25) is 0 Å². The third-order valence-electron chi connectivity index (χ3n) is 3.63. The summed E-state index contributed by atoms with van der Waals surface area (Å²) in [4.78, 5) is 18.5. The van der Waals surface area contributed by atoms with Crippen LogP contribution in [0.5, 0.6) is 0 Å². The highest BCUT2D eigenvalue weighted by Crippen LogP contribution is 2.21. The zero-order valence-corrected chi connectivity index (χ0v) is 14.5. The summed E-state index contributed by atoms with van der Waals surface area (Å²) in [7, 11) is 5.42. The van der Waals surface area contributed by atoms with Crippen LogP contribution in [0.25, 0.3) is 0 Å². The first kappa shape index (κ1) is 17.5. The van der Waals surface area contributed by atoms with Crippen LogP contribution < -0.4 is 5.32 Å². The van der Waals surface area contributed by atoms with E-state index in [9.17, 15) is 9.18 Å². The molecule has 0 fully saturated rings. The number of halogens is 1. The van der Waals surface area contributed by atoms with Crippen molar-refractivity contribution in [1.82, 2.24) is 19.8 Å². The molecule has 2 aromatic rings. The smallest absolute Gasteiger partial charge is 0.242 e. The highest BCUT2D eigenvalue weighted by molar-refractivity contribution is 7.98. The SMILES string of the molecule is CSc1ncc(CNC(=O)[C@@H](c2ccccc2F)N(C)C)n1C. The van der Waals surface area contributed by atoms with Gasteiger partial charge in [-0.3, -0.25) is 9.69 Å². The van der Waals surface area contributed by atoms with Gasteiger partial charge < -0.3 is 9.88 Å². The maximum atomic E-state index is 14.0. The molecule has 1 heterocycles. The predicted molar refractivity (Wildman–Crippen MR) is 89.7 cm³/mol. The summed E-state index contributed by atoms with van der Waals surface area (Å²) in [6, 6.07) is 5.67. The van der Waals surface area contributed by atoms with E-state index in [1.807, 2.05) is 17.9 Å². The molecule has 1 N–H and O–H groups in total. The van der Waals surface area contributed by atoms with E-state index in [0.717, 1.165) is 10.9 Å². The quantitative estimate of drug-likeness (QED) is 0.822. The van der Waals surface area contributed by atoms with E-state index in [-0.39, 0.29) is 11.7 Å². The molecule has 1 aromatic heterocycles. The molecular weight excluding hydrogens is 315 g/mol. The van der Waals surface area contributed by atoms with E-state index in [1.54, 1.807) is 55.2 Å². The Balaban J connectivity index is 2.13. The van der Waals surface area contributed by atoms with Crippen LogP contribution >= 0.6 is 11.8 Å². The molecule has 0 spiro atoms. The summed E-state index contributed by atoms with van der Waals surface area (Å²) < 4.78 is 15.9. The number of rotatable bonds is 6. The number of nitrogens with one attached hydrogen (secondary N) is 1. The van der Waals surface area contributed by atoms with Crippen LogP contribution in [0.1, 0.15) is 17.3 Å². The summed E-state index contributed by atoms with van der Waals surface area (Å²) in [6.07, 6.45) is 3.69.